The van der Waals surface area contributed by atoms with Crippen molar-refractivity contribution in [3.8, 4) is 0 Å². The number of urea groups is 1. The highest BCUT2D eigenvalue weighted by Gasteiger charge is 2.27. The smallest absolute Gasteiger partial charge is 0.321 e. The summed E-state index contributed by atoms with van der Waals surface area (Å²) >= 11 is 0. The van der Waals surface area contributed by atoms with Crippen LogP contribution in [0, 0.1) is 11.8 Å². The minimum atomic E-state index is -3.29. The number of allylic oxidation sites excluding steroid dienone is 3. The van der Waals surface area contributed by atoms with E-state index in [1.165, 1.54) is 6.42 Å². The largest absolute Gasteiger partial charge is 0.324 e. The zero-order valence-corrected chi connectivity index (χ0v) is 20.3. The van der Waals surface area contributed by atoms with E-state index in [1.807, 2.05) is 6.08 Å². The average molecular weight is 453 g/mol. The van der Waals surface area contributed by atoms with Crippen LogP contribution in [0.15, 0.2) is 36.6 Å². The van der Waals surface area contributed by atoms with Gasteiger partial charge in [0.15, 0.2) is 0 Å². The predicted octanol–water partition coefficient (Wildman–Crippen LogP) is 3.09. The summed E-state index contributed by atoms with van der Waals surface area (Å²) in [6.45, 7) is 15.8. The van der Waals surface area contributed by atoms with Crippen molar-refractivity contribution < 1.29 is 13.2 Å². The van der Waals surface area contributed by atoms with E-state index in [1.54, 1.807) is 30.9 Å². The standard InChI is InChI=1S/C23H40N4O3S/c1-6-8-21(9-7-12-26-16-19(4)15-20(5)17-26)24-23(28)27-13-10-22(11-14-27)25-31(29,30)18(2)3/h6-9,18-20,22,25H,1,10-17H2,2-5H3,(H,24,28)/b9-7-,21-8+. The summed E-state index contributed by atoms with van der Waals surface area (Å²) in [6, 6.07) is -0.281. The van der Waals surface area contributed by atoms with Crippen LogP contribution in [-0.4, -0.2) is 68.3 Å². The van der Waals surface area contributed by atoms with Crippen molar-refractivity contribution in [3.05, 3.63) is 36.6 Å². The predicted molar refractivity (Wildman–Crippen MR) is 127 cm³/mol. The van der Waals surface area contributed by atoms with Gasteiger partial charge in [0.2, 0.25) is 10.0 Å². The first-order chi connectivity index (χ1) is 14.6. The Morgan fingerprint density at radius 3 is 2.32 bits per heavy atom. The molecule has 2 heterocycles. The summed E-state index contributed by atoms with van der Waals surface area (Å²) < 4.78 is 26.9. The molecule has 2 aliphatic rings. The molecule has 7 nitrogen and oxygen atoms in total. The number of hydrogen-bond acceptors (Lipinski definition) is 4. The van der Waals surface area contributed by atoms with Crippen molar-refractivity contribution in [2.24, 2.45) is 11.8 Å². The Balaban J connectivity index is 1.83. The van der Waals surface area contributed by atoms with Gasteiger partial charge in [-0.3, -0.25) is 4.90 Å². The Morgan fingerprint density at radius 1 is 1.16 bits per heavy atom. The van der Waals surface area contributed by atoms with Gasteiger partial charge in [-0.05, 0) is 57.1 Å². The van der Waals surface area contributed by atoms with Crippen molar-refractivity contribution in [1.82, 2.24) is 19.8 Å². The number of amides is 2. The van der Waals surface area contributed by atoms with Crippen LogP contribution in [0.5, 0.6) is 0 Å². The monoisotopic (exact) mass is 452 g/mol. The van der Waals surface area contributed by atoms with Crippen LogP contribution in [0.25, 0.3) is 0 Å². The zero-order chi connectivity index (χ0) is 23.0. The summed E-state index contributed by atoms with van der Waals surface area (Å²) in [7, 11) is -3.29. The molecule has 0 saturated carbocycles. The first-order valence-corrected chi connectivity index (χ1v) is 12.9. The lowest BCUT2D eigenvalue weighted by Gasteiger charge is -2.34. The fraction of sp³-hybridized carbons (Fsp3) is 0.696. The van der Waals surface area contributed by atoms with Crippen LogP contribution in [0.2, 0.25) is 0 Å². The van der Waals surface area contributed by atoms with Crippen LogP contribution >= 0.6 is 0 Å². The molecule has 0 spiro atoms. The first kappa shape index (κ1) is 25.6. The zero-order valence-electron chi connectivity index (χ0n) is 19.5. The van der Waals surface area contributed by atoms with Crippen LogP contribution in [0.1, 0.15) is 47.0 Å². The van der Waals surface area contributed by atoms with E-state index in [4.69, 9.17) is 0 Å². The van der Waals surface area contributed by atoms with E-state index in [9.17, 15) is 13.2 Å². The van der Waals surface area contributed by atoms with E-state index >= 15 is 0 Å². The Bertz CT molecular complexity index is 758. The highest BCUT2D eigenvalue weighted by Crippen LogP contribution is 2.20. The fourth-order valence-electron chi connectivity index (χ4n) is 4.31. The molecule has 0 radical (unpaired) electrons. The van der Waals surface area contributed by atoms with Gasteiger partial charge in [-0.25, -0.2) is 17.9 Å². The van der Waals surface area contributed by atoms with Crippen molar-refractivity contribution in [1.29, 1.82) is 0 Å². The van der Waals surface area contributed by atoms with Gasteiger partial charge < -0.3 is 10.2 Å². The average Bonchev–Trinajstić information content (AvgIpc) is 2.67. The van der Waals surface area contributed by atoms with Gasteiger partial charge in [0.05, 0.1) is 5.25 Å². The Kier molecular flexibility index (Phi) is 9.78. The summed E-state index contributed by atoms with van der Waals surface area (Å²) in [4.78, 5) is 16.9. The molecule has 2 aliphatic heterocycles. The highest BCUT2D eigenvalue weighted by atomic mass is 32.2. The van der Waals surface area contributed by atoms with E-state index in [0.29, 0.717) is 43.5 Å². The van der Waals surface area contributed by atoms with Crippen LogP contribution < -0.4 is 10.0 Å². The molecular formula is C23H40N4O3S. The van der Waals surface area contributed by atoms with Crippen molar-refractivity contribution in [3.63, 3.8) is 0 Å². The van der Waals surface area contributed by atoms with Gasteiger partial charge in [0.25, 0.3) is 0 Å². The van der Waals surface area contributed by atoms with E-state index in [0.717, 1.165) is 19.6 Å². The maximum atomic E-state index is 12.7. The number of piperidine rings is 2. The Hall–Kier alpha value is -1.64. The molecule has 2 atom stereocenters. The highest BCUT2D eigenvalue weighted by molar-refractivity contribution is 7.90. The SMILES string of the molecule is C=C/C=C(\C=C/CN1CC(C)CC(C)C1)NC(=O)N1CCC(NS(=O)(=O)C(C)C)CC1. The summed E-state index contributed by atoms with van der Waals surface area (Å²) in [5.74, 6) is 1.43. The first-order valence-electron chi connectivity index (χ1n) is 11.4. The van der Waals surface area contributed by atoms with E-state index in [-0.39, 0.29) is 12.1 Å². The van der Waals surface area contributed by atoms with Gasteiger partial charge in [0.1, 0.15) is 0 Å². The maximum absolute atomic E-state index is 12.7. The Labute approximate surface area is 188 Å². The molecule has 2 N–H and O–H groups in total. The number of nitrogens with one attached hydrogen (secondary N) is 2. The Morgan fingerprint density at radius 2 is 1.77 bits per heavy atom. The molecule has 2 rings (SSSR count). The van der Waals surface area contributed by atoms with Crippen molar-refractivity contribution >= 4 is 16.1 Å². The third-order valence-corrected chi connectivity index (χ3v) is 7.79. The van der Waals surface area contributed by atoms with Gasteiger partial charge in [-0.15, -0.1) is 0 Å². The van der Waals surface area contributed by atoms with Crippen LogP contribution in [0.3, 0.4) is 0 Å². The van der Waals surface area contributed by atoms with Crippen LogP contribution in [0.4, 0.5) is 4.79 Å². The molecule has 8 heteroatoms. The lowest BCUT2D eigenvalue weighted by atomic mass is 9.92. The molecule has 0 aliphatic carbocycles. The molecular weight excluding hydrogens is 412 g/mol. The summed E-state index contributed by atoms with van der Waals surface area (Å²) in [5.41, 5.74) is 0.709. The summed E-state index contributed by atoms with van der Waals surface area (Å²) in [6.07, 6.45) is 9.99. The number of sulfonamides is 1. The van der Waals surface area contributed by atoms with Gasteiger partial charge >= 0.3 is 6.03 Å². The second-order valence-electron chi connectivity index (χ2n) is 9.33. The molecule has 0 bridgehead atoms. The van der Waals surface area contributed by atoms with E-state index in [2.05, 4.69) is 41.4 Å². The quantitative estimate of drug-likeness (QED) is 0.555. The maximum Gasteiger partial charge on any atom is 0.321 e. The number of likely N-dealkylation sites (tertiary alicyclic amines) is 2. The number of carbonyl (C=O) groups excluding carboxylic acids is 1. The normalized spacial score (nSPS) is 24.7. The molecule has 0 aromatic rings. The number of nitrogens with zero attached hydrogens (tertiary/aromatic N) is 2. The number of hydrogen-bond donors (Lipinski definition) is 2. The van der Waals surface area contributed by atoms with Crippen LogP contribution in [-0.2, 0) is 10.0 Å². The number of carbonyl (C=O) groups is 1. The van der Waals surface area contributed by atoms with Gasteiger partial charge in [0, 0.05) is 44.5 Å². The fourth-order valence-corrected chi connectivity index (χ4v) is 5.28. The van der Waals surface area contributed by atoms with Gasteiger partial charge in [-0.2, -0.15) is 0 Å². The second kappa shape index (κ2) is 11.8. The third kappa shape index (κ3) is 8.43. The molecule has 2 saturated heterocycles. The molecule has 31 heavy (non-hydrogen) atoms. The minimum absolute atomic E-state index is 0.117. The molecule has 0 aromatic carbocycles. The number of rotatable bonds is 8. The lowest BCUT2D eigenvalue weighted by molar-refractivity contribution is 0.155. The topological polar surface area (TPSA) is 81.8 Å². The lowest BCUT2D eigenvalue weighted by Crippen LogP contribution is -2.50. The van der Waals surface area contributed by atoms with E-state index < -0.39 is 15.3 Å². The third-order valence-electron chi connectivity index (χ3n) is 5.89. The van der Waals surface area contributed by atoms with Crippen molar-refractivity contribution in [2.45, 2.75) is 58.2 Å². The molecule has 2 unspecified atom stereocenters. The van der Waals surface area contributed by atoms with Gasteiger partial charge in [-0.1, -0.05) is 32.6 Å². The molecule has 0 aromatic heterocycles. The molecule has 2 fully saturated rings. The molecule has 176 valence electrons. The summed E-state index contributed by atoms with van der Waals surface area (Å²) in [5, 5.41) is 2.50. The minimum Gasteiger partial charge on any atom is -0.324 e. The molecule has 2 amide bonds. The second-order valence-corrected chi connectivity index (χ2v) is 11.6. The van der Waals surface area contributed by atoms with Crippen molar-refractivity contribution in [2.75, 3.05) is 32.7 Å².